The number of carbonyl (C=O) groups is 2. The molecule has 2 aliphatic rings. The molecular weight excluding hydrogens is 404 g/mol. The Kier molecular flexibility index (Phi) is 6.06. The molecule has 0 atom stereocenters. The monoisotopic (exact) mass is 442 g/mol. The second-order valence-electron chi connectivity index (χ2n) is 12.6. The fourth-order valence-corrected chi connectivity index (χ4v) is 6.89. The van der Waals surface area contributed by atoms with Gasteiger partial charge in [-0.05, 0) is 104 Å². The van der Waals surface area contributed by atoms with Gasteiger partial charge in [-0.15, -0.1) is 0 Å². The fraction of sp³-hybridized carbons (Fsp3) is 0.692. The van der Waals surface area contributed by atoms with Gasteiger partial charge in [-0.3, -0.25) is 0 Å². The van der Waals surface area contributed by atoms with Gasteiger partial charge >= 0.3 is 0 Å². The number of hydrogen-bond donors (Lipinski definition) is 2. The molecule has 2 saturated heterocycles. The van der Waals surface area contributed by atoms with Crippen LogP contribution in [0.15, 0.2) is 12.1 Å². The second-order valence-corrected chi connectivity index (χ2v) is 12.6. The predicted molar refractivity (Wildman–Crippen MR) is 122 cm³/mol. The first-order valence-electron chi connectivity index (χ1n) is 11.6. The average Bonchev–Trinajstić information content (AvgIpc) is 2.54. The van der Waals surface area contributed by atoms with Crippen LogP contribution in [0.3, 0.4) is 0 Å². The van der Waals surface area contributed by atoms with Crippen molar-refractivity contribution in [1.29, 1.82) is 0 Å². The van der Waals surface area contributed by atoms with E-state index in [1.807, 2.05) is 6.07 Å². The summed E-state index contributed by atoms with van der Waals surface area (Å²) in [5, 5.41) is 31.6. The van der Waals surface area contributed by atoms with Crippen molar-refractivity contribution in [2.45, 2.75) is 115 Å². The molecule has 6 heteroatoms. The summed E-state index contributed by atoms with van der Waals surface area (Å²) in [4.78, 5) is 24.3. The zero-order chi connectivity index (χ0) is 24.3. The van der Waals surface area contributed by atoms with E-state index in [-0.39, 0.29) is 45.1 Å². The van der Waals surface area contributed by atoms with Crippen molar-refractivity contribution in [1.82, 2.24) is 10.6 Å². The molecule has 0 spiro atoms. The van der Waals surface area contributed by atoms with Crippen molar-refractivity contribution in [2.24, 2.45) is 0 Å². The first-order valence-corrected chi connectivity index (χ1v) is 11.6. The summed E-state index contributed by atoms with van der Waals surface area (Å²) in [5.41, 5.74) is 0.369. The van der Waals surface area contributed by atoms with E-state index in [2.05, 4.69) is 66.0 Å². The number of carbonyl (C=O) groups excluding carboxylic acids is 2. The smallest absolute Gasteiger partial charge is 0.0724 e. The highest BCUT2D eigenvalue weighted by atomic mass is 16.4. The molecule has 0 radical (unpaired) electrons. The third-order valence-electron chi connectivity index (χ3n) is 6.93. The van der Waals surface area contributed by atoms with Gasteiger partial charge in [0.2, 0.25) is 0 Å². The summed E-state index contributed by atoms with van der Waals surface area (Å²) < 4.78 is 0. The summed E-state index contributed by atoms with van der Waals surface area (Å²) in [6.07, 6.45) is 3.08. The maximum Gasteiger partial charge on any atom is 0.0724 e. The maximum atomic E-state index is 12.4. The van der Waals surface area contributed by atoms with Crippen LogP contribution in [0.5, 0.6) is 0 Å². The van der Waals surface area contributed by atoms with Crippen molar-refractivity contribution in [3.63, 3.8) is 0 Å². The first kappa shape index (κ1) is 24.7. The van der Waals surface area contributed by atoms with Gasteiger partial charge in [-0.25, -0.2) is 0 Å². The van der Waals surface area contributed by atoms with Gasteiger partial charge in [0.25, 0.3) is 0 Å². The third-order valence-corrected chi connectivity index (χ3v) is 6.93. The average molecular weight is 443 g/mol. The Balaban J connectivity index is 2.26. The van der Waals surface area contributed by atoms with E-state index >= 15 is 0 Å². The lowest BCUT2D eigenvalue weighted by molar-refractivity contribution is -0.259. The van der Waals surface area contributed by atoms with Crippen LogP contribution in [0.2, 0.25) is 0 Å². The molecular formula is C26H38N2O4-2. The van der Waals surface area contributed by atoms with Gasteiger partial charge in [0.1, 0.15) is 0 Å². The molecule has 0 unspecified atom stereocenters. The van der Waals surface area contributed by atoms with E-state index < -0.39 is 11.9 Å². The van der Waals surface area contributed by atoms with Gasteiger partial charge in [-0.2, -0.15) is 0 Å². The van der Waals surface area contributed by atoms with Crippen LogP contribution in [0.25, 0.3) is 0 Å². The molecule has 0 bridgehead atoms. The lowest BCUT2D eigenvalue weighted by atomic mass is 9.66. The van der Waals surface area contributed by atoms with Gasteiger partial charge in [-0.1, -0.05) is 12.1 Å². The molecule has 0 amide bonds. The van der Waals surface area contributed by atoms with E-state index in [4.69, 9.17) is 0 Å². The summed E-state index contributed by atoms with van der Waals surface area (Å²) in [6.45, 7) is 17.1. The largest absolute Gasteiger partial charge is 0.545 e. The van der Waals surface area contributed by atoms with Crippen molar-refractivity contribution in [3.05, 3.63) is 34.4 Å². The SMILES string of the molecule is CC1(C)CC(c2ccc(C(=O)[O-])c(C(=O)[O-])c2C2CC(C)(C)NC(C)(C)C2)CC(C)(C)N1. The molecule has 6 nitrogen and oxygen atoms in total. The summed E-state index contributed by atoms with van der Waals surface area (Å²) in [5.74, 6) is -2.92. The van der Waals surface area contributed by atoms with Gasteiger partial charge in [0.15, 0.2) is 0 Å². The molecule has 2 fully saturated rings. The molecule has 178 valence electrons. The molecule has 32 heavy (non-hydrogen) atoms. The van der Waals surface area contributed by atoms with E-state index in [1.165, 1.54) is 6.07 Å². The molecule has 2 aliphatic heterocycles. The van der Waals surface area contributed by atoms with E-state index in [0.29, 0.717) is 18.4 Å². The van der Waals surface area contributed by atoms with Gasteiger partial charge < -0.3 is 30.4 Å². The number of carboxylic acids is 2. The molecule has 0 saturated carbocycles. The molecule has 1 aromatic carbocycles. The first-order chi connectivity index (χ1) is 14.4. The Morgan fingerprint density at radius 1 is 0.719 bits per heavy atom. The highest BCUT2D eigenvalue weighted by Crippen LogP contribution is 2.47. The van der Waals surface area contributed by atoms with Crippen LogP contribution in [0, 0.1) is 0 Å². The fourth-order valence-electron chi connectivity index (χ4n) is 6.89. The molecule has 0 aromatic heterocycles. The molecule has 2 heterocycles. The lowest BCUT2D eigenvalue weighted by Gasteiger charge is -2.50. The Hall–Kier alpha value is -1.92. The number of carboxylic acid groups (broad SMARTS) is 2. The summed E-state index contributed by atoms with van der Waals surface area (Å²) in [7, 11) is 0. The van der Waals surface area contributed by atoms with Crippen LogP contribution in [0.1, 0.15) is 125 Å². The maximum absolute atomic E-state index is 12.4. The molecule has 1 aromatic rings. The number of rotatable bonds is 4. The Labute approximate surface area is 192 Å². The lowest BCUT2D eigenvalue weighted by Crippen LogP contribution is -2.58. The van der Waals surface area contributed by atoms with Crippen molar-refractivity contribution >= 4 is 11.9 Å². The van der Waals surface area contributed by atoms with Gasteiger partial charge in [0, 0.05) is 33.3 Å². The highest BCUT2D eigenvalue weighted by molar-refractivity contribution is 6.01. The molecule has 2 N–H and O–H groups in total. The van der Waals surface area contributed by atoms with E-state index in [9.17, 15) is 19.8 Å². The van der Waals surface area contributed by atoms with Crippen LogP contribution in [-0.4, -0.2) is 34.1 Å². The minimum Gasteiger partial charge on any atom is -0.545 e. The topological polar surface area (TPSA) is 104 Å². The van der Waals surface area contributed by atoms with Gasteiger partial charge in [0.05, 0.1) is 11.9 Å². The zero-order valence-corrected chi connectivity index (χ0v) is 20.8. The normalized spacial score (nSPS) is 24.8. The summed E-state index contributed by atoms with van der Waals surface area (Å²) in [6, 6.07) is 3.23. The van der Waals surface area contributed by atoms with Crippen molar-refractivity contribution in [2.75, 3.05) is 0 Å². The van der Waals surface area contributed by atoms with Crippen LogP contribution < -0.4 is 20.8 Å². The number of nitrogens with one attached hydrogen (secondary N) is 2. The Morgan fingerprint density at radius 2 is 1.12 bits per heavy atom. The minimum absolute atomic E-state index is 0.103. The third kappa shape index (κ3) is 5.18. The highest BCUT2D eigenvalue weighted by Gasteiger charge is 2.43. The summed E-state index contributed by atoms with van der Waals surface area (Å²) >= 11 is 0. The number of piperidine rings is 2. The predicted octanol–water partition coefficient (Wildman–Crippen LogP) is 2.46. The van der Waals surface area contributed by atoms with Crippen LogP contribution in [0.4, 0.5) is 0 Å². The number of benzene rings is 1. The number of aromatic carboxylic acids is 2. The molecule has 3 rings (SSSR count). The molecule has 0 aliphatic carbocycles. The zero-order valence-electron chi connectivity index (χ0n) is 20.8. The van der Waals surface area contributed by atoms with Crippen molar-refractivity contribution in [3.8, 4) is 0 Å². The van der Waals surface area contributed by atoms with Crippen LogP contribution in [-0.2, 0) is 0 Å². The van der Waals surface area contributed by atoms with E-state index in [1.54, 1.807) is 0 Å². The quantitative estimate of drug-likeness (QED) is 0.742. The minimum atomic E-state index is -1.48. The standard InChI is InChI=1S/C26H40N2O4/c1-23(2)11-15(12-24(3,4)27-23)17-9-10-18(21(29)30)20(22(31)32)19(17)16-13-25(5,6)28-26(7,8)14-16/h9-10,15-16,27-28H,11-14H2,1-8H3,(H,29,30)(H,31,32)/p-2. The Bertz CT molecular complexity index is 898. The Morgan fingerprint density at radius 3 is 1.50 bits per heavy atom. The van der Waals surface area contributed by atoms with Crippen LogP contribution >= 0.6 is 0 Å². The number of hydrogen-bond acceptors (Lipinski definition) is 6. The second kappa shape index (κ2) is 7.84. The van der Waals surface area contributed by atoms with E-state index in [0.717, 1.165) is 18.4 Å². The van der Waals surface area contributed by atoms with Crippen molar-refractivity contribution < 1.29 is 19.8 Å².